The summed E-state index contributed by atoms with van der Waals surface area (Å²) in [6, 6.07) is 9.30. The van der Waals surface area contributed by atoms with Gasteiger partial charge >= 0.3 is 5.97 Å². The van der Waals surface area contributed by atoms with Crippen molar-refractivity contribution < 1.29 is 14.7 Å². The Morgan fingerprint density at radius 1 is 1.40 bits per heavy atom. The van der Waals surface area contributed by atoms with Crippen molar-refractivity contribution in [1.29, 1.82) is 0 Å². The third-order valence-corrected chi connectivity index (χ3v) is 1.85. The number of ether oxygens (including phenoxy) is 1. The summed E-state index contributed by atoms with van der Waals surface area (Å²) in [6.07, 6.45) is 0.274. The standard InChI is InChI=1S/C11H13NO3/c1-2-15-11(13)10(12-14)8-9-6-4-3-5-7-9/h3-7,14H,2,8H2,1H3/b12-10+. The molecule has 0 fully saturated rings. The molecule has 0 spiro atoms. The minimum absolute atomic E-state index is 0.0167. The van der Waals surface area contributed by atoms with Crippen LogP contribution < -0.4 is 0 Å². The molecule has 0 heterocycles. The Morgan fingerprint density at radius 2 is 2.07 bits per heavy atom. The largest absolute Gasteiger partial charge is 0.461 e. The molecule has 1 aromatic carbocycles. The predicted octanol–water partition coefficient (Wildman–Crippen LogP) is 1.62. The zero-order chi connectivity index (χ0) is 11.1. The Bertz CT molecular complexity index is 346. The first-order chi connectivity index (χ1) is 7.27. The lowest BCUT2D eigenvalue weighted by Crippen LogP contribution is -2.19. The molecule has 1 aromatic rings. The minimum Gasteiger partial charge on any atom is -0.461 e. The molecule has 0 amide bonds. The van der Waals surface area contributed by atoms with E-state index < -0.39 is 5.97 Å². The molecule has 15 heavy (non-hydrogen) atoms. The first-order valence-corrected chi connectivity index (χ1v) is 4.70. The smallest absolute Gasteiger partial charge is 0.356 e. The lowest BCUT2D eigenvalue weighted by Gasteiger charge is -2.03. The van der Waals surface area contributed by atoms with Crippen LogP contribution in [0.2, 0.25) is 0 Å². The van der Waals surface area contributed by atoms with Gasteiger partial charge in [0.15, 0.2) is 5.71 Å². The number of carbonyl (C=O) groups excluding carboxylic acids is 1. The van der Waals surface area contributed by atoms with Crippen LogP contribution in [0.25, 0.3) is 0 Å². The first kappa shape index (κ1) is 11.2. The second kappa shape index (κ2) is 5.80. The molecular weight excluding hydrogens is 194 g/mol. The van der Waals surface area contributed by atoms with Crippen molar-refractivity contribution in [3.05, 3.63) is 35.9 Å². The van der Waals surface area contributed by atoms with Crippen molar-refractivity contribution in [3.8, 4) is 0 Å². The monoisotopic (exact) mass is 207 g/mol. The van der Waals surface area contributed by atoms with E-state index in [1.54, 1.807) is 6.92 Å². The van der Waals surface area contributed by atoms with E-state index in [4.69, 9.17) is 9.94 Å². The Hall–Kier alpha value is -1.84. The van der Waals surface area contributed by atoms with Crippen molar-refractivity contribution in [2.75, 3.05) is 6.61 Å². The highest BCUT2D eigenvalue weighted by atomic mass is 16.5. The summed E-state index contributed by atoms with van der Waals surface area (Å²) in [4.78, 5) is 11.3. The number of oxime groups is 1. The number of hydrogen-bond donors (Lipinski definition) is 1. The lowest BCUT2D eigenvalue weighted by atomic mass is 10.1. The van der Waals surface area contributed by atoms with Crippen LogP contribution in [-0.2, 0) is 16.0 Å². The fourth-order valence-corrected chi connectivity index (χ4v) is 1.15. The summed E-state index contributed by atoms with van der Waals surface area (Å²) in [7, 11) is 0. The lowest BCUT2D eigenvalue weighted by molar-refractivity contribution is -0.135. The van der Waals surface area contributed by atoms with Crippen molar-refractivity contribution >= 4 is 11.7 Å². The van der Waals surface area contributed by atoms with E-state index in [1.807, 2.05) is 30.3 Å². The van der Waals surface area contributed by atoms with E-state index in [0.29, 0.717) is 0 Å². The van der Waals surface area contributed by atoms with Crippen LogP contribution in [0.4, 0.5) is 0 Å². The van der Waals surface area contributed by atoms with Crippen molar-refractivity contribution in [3.63, 3.8) is 0 Å². The van der Waals surface area contributed by atoms with Gasteiger partial charge in [-0.15, -0.1) is 0 Å². The average Bonchev–Trinajstić information content (AvgIpc) is 2.27. The minimum atomic E-state index is -0.580. The second-order valence-corrected chi connectivity index (χ2v) is 2.93. The number of esters is 1. The fraction of sp³-hybridized carbons (Fsp3) is 0.273. The van der Waals surface area contributed by atoms with Gasteiger partial charge < -0.3 is 9.94 Å². The maximum Gasteiger partial charge on any atom is 0.356 e. The quantitative estimate of drug-likeness (QED) is 0.353. The zero-order valence-corrected chi connectivity index (χ0v) is 8.51. The first-order valence-electron chi connectivity index (χ1n) is 4.70. The summed E-state index contributed by atoms with van der Waals surface area (Å²) < 4.78 is 4.74. The molecule has 0 saturated carbocycles. The Kier molecular flexibility index (Phi) is 4.34. The Balaban J connectivity index is 2.67. The SMILES string of the molecule is CCOC(=O)/C(Cc1ccccc1)=N/O. The summed E-state index contributed by atoms with van der Waals surface area (Å²) in [5.41, 5.74) is 0.918. The van der Waals surface area contributed by atoms with Gasteiger partial charge in [-0.1, -0.05) is 35.5 Å². The van der Waals surface area contributed by atoms with E-state index in [1.165, 1.54) is 0 Å². The van der Waals surface area contributed by atoms with Crippen LogP contribution in [0.3, 0.4) is 0 Å². The van der Waals surface area contributed by atoms with Gasteiger partial charge in [-0.25, -0.2) is 4.79 Å². The molecule has 4 nitrogen and oxygen atoms in total. The van der Waals surface area contributed by atoms with Gasteiger partial charge in [0.1, 0.15) is 0 Å². The van der Waals surface area contributed by atoms with Gasteiger partial charge in [0.25, 0.3) is 0 Å². The van der Waals surface area contributed by atoms with E-state index in [-0.39, 0.29) is 18.7 Å². The third-order valence-electron chi connectivity index (χ3n) is 1.85. The van der Waals surface area contributed by atoms with Crippen LogP contribution >= 0.6 is 0 Å². The summed E-state index contributed by atoms with van der Waals surface area (Å²) >= 11 is 0. The van der Waals surface area contributed by atoms with E-state index in [9.17, 15) is 4.79 Å². The highest BCUT2D eigenvalue weighted by molar-refractivity contribution is 6.36. The fourth-order valence-electron chi connectivity index (χ4n) is 1.15. The molecule has 1 N–H and O–H groups in total. The molecule has 0 aromatic heterocycles. The van der Waals surface area contributed by atoms with Gasteiger partial charge in [-0.05, 0) is 12.5 Å². The number of rotatable bonds is 4. The predicted molar refractivity (Wildman–Crippen MR) is 56.0 cm³/mol. The molecule has 0 aliphatic rings. The second-order valence-electron chi connectivity index (χ2n) is 2.93. The maximum atomic E-state index is 11.3. The number of benzene rings is 1. The van der Waals surface area contributed by atoms with Crippen LogP contribution in [0.1, 0.15) is 12.5 Å². The average molecular weight is 207 g/mol. The molecule has 4 heteroatoms. The van der Waals surface area contributed by atoms with Crippen LogP contribution in [-0.4, -0.2) is 23.5 Å². The maximum absolute atomic E-state index is 11.3. The number of hydrogen-bond acceptors (Lipinski definition) is 4. The molecule has 0 saturated heterocycles. The molecule has 0 atom stereocenters. The van der Waals surface area contributed by atoms with E-state index in [2.05, 4.69) is 5.16 Å². The van der Waals surface area contributed by atoms with Crippen LogP contribution in [0, 0.1) is 0 Å². The Labute approximate surface area is 88.2 Å². The zero-order valence-electron chi connectivity index (χ0n) is 8.51. The summed E-state index contributed by atoms with van der Waals surface area (Å²) in [5.74, 6) is -0.580. The molecular formula is C11H13NO3. The topological polar surface area (TPSA) is 58.9 Å². The molecule has 80 valence electrons. The Morgan fingerprint density at radius 3 is 2.60 bits per heavy atom. The van der Waals surface area contributed by atoms with Gasteiger partial charge in [-0.2, -0.15) is 0 Å². The molecule has 0 unspecified atom stereocenters. The van der Waals surface area contributed by atoms with E-state index in [0.717, 1.165) is 5.56 Å². The van der Waals surface area contributed by atoms with Crippen molar-refractivity contribution in [2.45, 2.75) is 13.3 Å². The summed E-state index contributed by atoms with van der Waals surface area (Å²) in [6.45, 7) is 1.97. The van der Waals surface area contributed by atoms with Gasteiger partial charge in [-0.3, -0.25) is 0 Å². The number of nitrogens with zero attached hydrogens (tertiary/aromatic N) is 1. The summed E-state index contributed by atoms with van der Waals surface area (Å²) in [5, 5.41) is 11.6. The van der Waals surface area contributed by atoms with Gasteiger partial charge in [0, 0.05) is 6.42 Å². The van der Waals surface area contributed by atoms with E-state index >= 15 is 0 Å². The molecule has 0 radical (unpaired) electrons. The van der Waals surface area contributed by atoms with Gasteiger partial charge in [0.2, 0.25) is 0 Å². The number of carbonyl (C=O) groups is 1. The van der Waals surface area contributed by atoms with Crippen LogP contribution in [0.5, 0.6) is 0 Å². The molecule has 1 rings (SSSR count). The highest BCUT2D eigenvalue weighted by Crippen LogP contribution is 2.02. The molecule has 0 aliphatic heterocycles. The highest BCUT2D eigenvalue weighted by Gasteiger charge is 2.13. The van der Waals surface area contributed by atoms with Crippen LogP contribution in [0.15, 0.2) is 35.5 Å². The normalized spacial score (nSPS) is 11.1. The van der Waals surface area contributed by atoms with Gasteiger partial charge in [0.05, 0.1) is 6.61 Å². The van der Waals surface area contributed by atoms with Crippen molar-refractivity contribution in [1.82, 2.24) is 0 Å². The van der Waals surface area contributed by atoms with Crippen molar-refractivity contribution in [2.24, 2.45) is 5.16 Å². The molecule has 0 aliphatic carbocycles. The third kappa shape index (κ3) is 3.42. The molecule has 0 bridgehead atoms.